The van der Waals surface area contributed by atoms with Crippen molar-refractivity contribution in [2.24, 2.45) is 0 Å². The Bertz CT molecular complexity index is 563. The average molecular weight is 337 g/mol. The number of cyclic esters (lactones) is 1. The molecule has 132 valence electrons. The van der Waals surface area contributed by atoms with Gasteiger partial charge >= 0.3 is 6.09 Å². The van der Waals surface area contributed by atoms with E-state index in [2.05, 4.69) is 5.32 Å². The van der Waals surface area contributed by atoms with Crippen LogP contribution >= 0.6 is 0 Å². The van der Waals surface area contributed by atoms with Gasteiger partial charge in [-0.1, -0.05) is 24.6 Å². The lowest BCUT2D eigenvalue weighted by molar-refractivity contribution is -0.118. The minimum atomic E-state index is -1.85. The normalized spacial score (nSPS) is 24.0. The maximum absolute atomic E-state index is 15.3. The molecule has 1 aromatic carbocycles. The van der Waals surface area contributed by atoms with Gasteiger partial charge < -0.3 is 10.1 Å². The number of carbonyl (C=O) groups excluding carboxylic acids is 2. The first-order valence-corrected chi connectivity index (χ1v) is 8.13. The predicted octanol–water partition coefficient (Wildman–Crippen LogP) is 2.50. The molecule has 0 saturated carbocycles. The summed E-state index contributed by atoms with van der Waals surface area (Å²) in [5, 5.41) is 2.39. The number of rotatable bonds is 2. The highest BCUT2D eigenvalue weighted by molar-refractivity contribution is 5.90. The van der Waals surface area contributed by atoms with Gasteiger partial charge in [0.15, 0.2) is 6.61 Å². The van der Waals surface area contributed by atoms with E-state index < -0.39 is 12.0 Å². The zero-order chi connectivity index (χ0) is 17.6. The molecule has 1 aromatic rings. The number of amides is 2. The molecule has 2 aliphatic rings. The van der Waals surface area contributed by atoms with Crippen LogP contribution in [0.15, 0.2) is 30.3 Å². The van der Waals surface area contributed by atoms with Crippen LogP contribution in [-0.4, -0.2) is 49.6 Å². The van der Waals surface area contributed by atoms with Crippen molar-refractivity contribution in [1.29, 1.82) is 0 Å². The van der Waals surface area contributed by atoms with Gasteiger partial charge in [-0.15, -0.1) is 0 Å². The predicted molar refractivity (Wildman–Crippen MR) is 89.3 cm³/mol. The number of halogens is 1. The Morgan fingerprint density at radius 1 is 1.21 bits per heavy atom. The van der Waals surface area contributed by atoms with Crippen LogP contribution in [0.3, 0.4) is 0 Å². The number of hydrogen-bond acceptors (Lipinski definition) is 4. The number of likely N-dealkylation sites (tertiary alicyclic amines) is 1. The van der Waals surface area contributed by atoms with Gasteiger partial charge in [-0.25, -0.2) is 9.69 Å². The number of hydrogen-bond donors (Lipinski definition) is 1. The highest BCUT2D eigenvalue weighted by Gasteiger charge is 2.53. The number of anilines is 1. The molecule has 1 unspecified atom stereocenters. The Balaban J connectivity index is 0.000000368. The maximum Gasteiger partial charge on any atom is 0.418 e. The summed E-state index contributed by atoms with van der Waals surface area (Å²) in [6, 6.07) is 8.87. The van der Waals surface area contributed by atoms with Crippen molar-refractivity contribution in [2.45, 2.75) is 32.1 Å². The van der Waals surface area contributed by atoms with E-state index in [0.717, 1.165) is 24.2 Å². The molecular formula is C17H24FN3O3. The molecule has 2 amide bonds. The summed E-state index contributed by atoms with van der Waals surface area (Å²) < 4.78 is 20.3. The second-order valence-corrected chi connectivity index (χ2v) is 5.80. The lowest BCUT2D eigenvalue weighted by Gasteiger charge is -2.39. The smallest absolute Gasteiger partial charge is 0.418 e. The van der Waals surface area contributed by atoms with Crippen LogP contribution in [0.1, 0.15) is 26.2 Å². The monoisotopic (exact) mass is 337 g/mol. The Kier molecular flexibility index (Phi) is 6.14. The van der Waals surface area contributed by atoms with Gasteiger partial charge in [0, 0.05) is 27.1 Å². The average Bonchev–Trinajstić information content (AvgIpc) is 2.93. The molecule has 7 heteroatoms. The van der Waals surface area contributed by atoms with Crippen LogP contribution in [0.25, 0.3) is 0 Å². The summed E-state index contributed by atoms with van der Waals surface area (Å²) in [6.07, 6.45) is 2.43. The molecule has 0 aromatic heterocycles. The number of alkyl halides is 1. The summed E-state index contributed by atoms with van der Waals surface area (Å²) in [4.78, 5) is 24.4. The third-order valence-electron chi connectivity index (χ3n) is 4.11. The second-order valence-electron chi connectivity index (χ2n) is 5.80. The third kappa shape index (κ3) is 4.03. The van der Waals surface area contributed by atoms with E-state index in [4.69, 9.17) is 4.74 Å². The molecule has 3 rings (SSSR count). The second kappa shape index (κ2) is 8.10. The van der Waals surface area contributed by atoms with Crippen molar-refractivity contribution in [1.82, 2.24) is 10.2 Å². The summed E-state index contributed by atoms with van der Waals surface area (Å²) >= 11 is 0. The van der Waals surface area contributed by atoms with Crippen LogP contribution in [0.2, 0.25) is 0 Å². The Morgan fingerprint density at radius 2 is 1.79 bits per heavy atom. The number of carbonyl (C=O) groups is 2. The van der Waals surface area contributed by atoms with E-state index in [9.17, 15) is 9.59 Å². The van der Waals surface area contributed by atoms with E-state index in [1.165, 1.54) is 6.92 Å². The zero-order valence-corrected chi connectivity index (χ0v) is 14.1. The molecule has 0 radical (unpaired) electrons. The highest BCUT2D eigenvalue weighted by atomic mass is 19.2. The van der Waals surface area contributed by atoms with Crippen LogP contribution in [0, 0.1) is 0 Å². The molecule has 2 aliphatic heterocycles. The van der Waals surface area contributed by atoms with Gasteiger partial charge in [0.1, 0.15) is 0 Å². The van der Waals surface area contributed by atoms with Gasteiger partial charge in [-0.05, 0) is 25.0 Å². The zero-order valence-electron chi connectivity index (χ0n) is 14.1. The van der Waals surface area contributed by atoms with E-state index in [1.54, 1.807) is 36.2 Å². The maximum atomic E-state index is 15.3. The van der Waals surface area contributed by atoms with Gasteiger partial charge in [0.05, 0.1) is 5.69 Å². The molecule has 0 spiro atoms. The molecule has 2 fully saturated rings. The van der Waals surface area contributed by atoms with E-state index in [1.807, 2.05) is 6.07 Å². The number of benzene rings is 1. The lowest BCUT2D eigenvalue weighted by atomic mass is 10.1. The van der Waals surface area contributed by atoms with Gasteiger partial charge in [-0.3, -0.25) is 9.69 Å². The summed E-state index contributed by atoms with van der Waals surface area (Å²) in [6.45, 7) is 2.58. The van der Waals surface area contributed by atoms with E-state index in [-0.39, 0.29) is 12.5 Å². The van der Waals surface area contributed by atoms with Crippen LogP contribution in [0.4, 0.5) is 14.9 Å². The standard InChI is InChI=1S/C14H17FN2O2.C3H7NO/c15-14(16-9-5-2-6-10-16)11-19-13(18)17(14)12-7-3-1-4-8-12;1-3(5)4-2/h1,3-4,7-8H,2,5-6,9-11H2;1-2H3,(H,4,5). The number of para-hydroxylation sites is 1. The molecule has 2 saturated heterocycles. The van der Waals surface area contributed by atoms with Gasteiger partial charge in [-0.2, -0.15) is 4.39 Å². The molecule has 24 heavy (non-hydrogen) atoms. The molecule has 0 aliphatic carbocycles. The number of ether oxygens (including phenoxy) is 1. The van der Waals surface area contributed by atoms with Crippen molar-refractivity contribution in [3.05, 3.63) is 30.3 Å². The van der Waals surface area contributed by atoms with E-state index >= 15 is 4.39 Å². The topological polar surface area (TPSA) is 61.9 Å². The van der Waals surface area contributed by atoms with Crippen molar-refractivity contribution in [3.8, 4) is 0 Å². The minimum absolute atomic E-state index is 0.00463. The fraction of sp³-hybridized carbons (Fsp3) is 0.529. The lowest BCUT2D eigenvalue weighted by Crippen LogP contribution is -2.58. The highest BCUT2D eigenvalue weighted by Crippen LogP contribution is 2.36. The summed E-state index contributed by atoms with van der Waals surface area (Å²) in [7, 11) is 1.60. The quantitative estimate of drug-likeness (QED) is 0.843. The largest absolute Gasteiger partial charge is 0.442 e. The van der Waals surface area contributed by atoms with Crippen molar-refractivity contribution in [3.63, 3.8) is 0 Å². The summed E-state index contributed by atoms with van der Waals surface area (Å²) in [5.41, 5.74) is 0.540. The molecule has 1 N–H and O–H groups in total. The van der Waals surface area contributed by atoms with Crippen molar-refractivity contribution < 1.29 is 18.7 Å². The van der Waals surface area contributed by atoms with Gasteiger partial charge in [0.25, 0.3) is 5.92 Å². The first-order valence-electron chi connectivity index (χ1n) is 8.13. The van der Waals surface area contributed by atoms with Crippen molar-refractivity contribution in [2.75, 3.05) is 31.6 Å². The fourth-order valence-electron chi connectivity index (χ4n) is 2.77. The fourth-order valence-corrected chi connectivity index (χ4v) is 2.77. The summed E-state index contributed by atoms with van der Waals surface area (Å²) in [5.74, 6) is -1.84. The number of piperidine rings is 1. The van der Waals surface area contributed by atoms with Gasteiger partial charge in [0.2, 0.25) is 5.91 Å². The molecule has 2 heterocycles. The van der Waals surface area contributed by atoms with Crippen molar-refractivity contribution >= 4 is 17.7 Å². The Labute approximate surface area is 141 Å². The first kappa shape index (κ1) is 18.2. The minimum Gasteiger partial charge on any atom is -0.442 e. The van der Waals surface area contributed by atoms with E-state index in [0.29, 0.717) is 18.8 Å². The first-order chi connectivity index (χ1) is 11.5. The Hall–Kier alpha value is -2.15. The number of nitrogens with one attached hydrogen (secondary N) is 1. The molecule has 0 bridgehead atoms. The Morgan fingerprint density at radius 3 is 2.33 bits per heavy atom. The van der Waals surface area contributed by atoms with Crippen LogP contribution < -0.4 is 10.2 Å². The van der Waals surface area contributed by atoms with Crippen LogP contribution in [0.5, 0.6) is 0 Å². The number of nitrogens with zero attached hydrogens (tertiary/aromatic N) is 2. The molecule has 1 atom stereocenters. The molecule has 6 nitrogen and oxygen atoms in total. The SMILES string of the molecule is CNC(C)=O.O=C1OCC(F)(N2CCCCC2)N1c1ccccc1. The molecular weight excluding hydrogens is 313 g/mol. The van der Waals surface area contributed by atoms with Crippen LogP contribution in [-0.2, 0) is 9.53 Å². The third-order valence-corrected chi connectivity index (χ3v) is 4.11.